The van der Waals surface area contributed by atoms with Gasteiger partial charge in [-0.2, -0.15) is 0 Å². The number of rotatable bonds is 4. The number of carboxylic acid groups (broad SMARTS) is 1. The van der Waals surface area contributed by atoms with Gasteiger partial charge >= 0.3 is 5.97 Å². The van der Waals surface area contributed by atoms with Crippen LogP contribution >= 0.6 is 0 Å². The molecule has 2 rings (SSSR count). The Bertz CT molecular complexity index is 300. The summed E-state index contributed by atoms with van der Waals surface area (Å²) in [6, 6.07) is 0. The molecule has 3 nitrogen and oxygen atoms in total. The first-order chi connectivity index (χ1) is 8.49. The van der Waals surface area contributed by atoms with E-state index in [0.717, 1.165) is 44.7 Å². The van der Waals surface area contributed by atoms with E-state index in [1.807, 2.05) is 0 Å². The van der Waals surface area contributed by atoms with Crippen LogP contribution < -0.4 is 0 Å². The third-order valence-corrected chi connectivity index (χ3v) is 5.37. The SMILES string of the molecule is CCC1CCC(C(=O)O)(N2CC(C(C)C)C2)CC1. The van der Waals surface area contributed by atoms with Crippen molar-refractivity contribution in [3.8, 4) is 0 Å². The maximum Gasteiger partial charge on any atom is 0.324 e. The lowest BCUT2D eigenvalue weighted by molar-refractivity contribution is -0.163. The molecule has 1 heterocycles. The lowest BCUT2D eigenvalue weighted by Crippen LogP contribution is -2.65. The van der Waals surface area contributed by atoms with E-state index in [0.29, 0.717) is 11.8 Å². The molecule has 0 spiro atoms. The van der Waals surface area contributed by atoms with Crippen molar-refractivity contribution in [2.45, 2.75) is 58.4 Å². The Morgan fingerprint density at radius 3 is 2.28 bits per heavy atom. The summed E-state index contributed by atoms with van der Waals surface area (Å²) in [4.78, 5) is 14.0. The molecule has 1 aliphatic heterocycles. The first-order valence-electron chi connectivity index (χ1n) is 7.48. The van der Waals surface area contributed by atoms with Gasteiger partial charge in [-0.05, 0) is 43.4 Å². The smallest absolute Gasteiger partial charge is 0.324 e. The van der Waals surface area contributed by atoms with Crippen LogP contribution in [0.2, 0.25) is 0 Å². The van der Waals surface area contributed by atoms with Crippen molar-refractivity contribution in [1.29, 1.82) is 0 Å². The van der Waals surface area contributed by atoms with Crippen molar-refractivity contribution in [1.82, 2.24) is 4.90 Å². The fourth-order valence-corrected chi connectivity index (χ4v) is 3.51. The second-order valence-corrected chi connectivity index (χ2v) is 6.60. The molecule has 0 bridgehead atoms. The van der Waals surface area contributed by atoms with E-state index in [2.05, 4.69) is 25.7 Å². The number of nitrogens with zero attached hydrogens (tertiary/aromatic N) is 1. The van der Waals surface area contributed by atoms with Crippen molar-refractivity contribution >= 4 is 5.97 Å². The predicted molar refractivity (Wildman–Crippen MR) is 72.5 cm³/mol. The van der Waals surface area contributed by atoms with Crippen LogP contribution in [-0.2, 0) is 4.79 Å². The van der Waals surface area contributed by atoms with E-state index in [-0.39, 0.29) is 0 Å². The average Bonchev–Trinajstić information content (AvgIpc) is 2.27. The molecule has 0 aromatic carbocycles. The van der Waals surface area contributed by atoms with Gasteiger partial charge in [0.05, 0.1) is 0 Å². The molecule has 1 aliphatic carbocycles. The molecule has 2 aliphatic rings. The summed E-state index contributed by atoms with van der Waals surface area (Å²) in [6.07, 6.45) is 5.08. The van der Waals surface area contributed by atoms with Crippen LogP contribution in [0.4, 0.5) is 0 Å². The Balaban J connectivity index is 2.00. The standard InChI is InChI=1S/C15H27NO2/c1-4-12-5-7-15(8-6-12,14(17)18)16-9-13(10-16)11(2)3/h11-13H,4-10H2,1-3H3,(H,17,18). The molecule has 1 saturated carbocycles. The van der Waals surface area contributed by atoms with Crippen molar-refractivity contribution in [3.05, 3.63) is 0 Å². The van der Waals surface area contributed by atoms with Crippen molar-refractivity contribution < 1.29 is 9.90 Å². The van der Waals surface area contributed by atoms with Crippen LogP contribution in [0.15, 0.2) is 0 Å². The Kier molecular flexibility index (Phi) is 4.00. The first-order valence-corrected chi connectivity index (χ1v) is 7.48. The Morgan fingerprint density at radius 1 is 1.33 bits per heavy atom. The summed E-state index contributed by atoms with van der Waals surface area (Å²) in [5, 5.41) is 9.67. The van der Waals surface area contributed by atoms with Crippen LogP contribution in [0.3, 0.4) is 0 Å². The zero-order valence-electron chi connectivity index (χ0n) is 12.0. The molecule has 1 saturated heterocycles. The fourth-order valence-electron chi connectivity index (χ4n) is 3.51. The highest BCUT2D eigenvalue weighted by molar-refractivity contribution is 5.79. The molecule has 3 heteroatoms. The van der Waals surface area contributed by atoms with Crippen LogP contribution in [0.1, 0.15) is 52.9 Å². The largest absolute Gasteiger partial charge is 0.480 e. The van der Waals surface area contributed by atoms with Gasteiger partial charge in [-0.25, -0.2) is 0 Å². The maximum absolute atomic E-state index is 11.7. The van der Waals surface area contributed by atoms with Gasteiger partial charge < -0.3 is 5.11 Å². The van der Waals surface area contributed by atoms with Gasteiger partial charge in [0, 0.05) is 13.1 Å². The van der Waals surface area contributed by atoms with Gasteiger partial charge in [0.25, 0.3) is 0 Å². The summed E-state index contributed by atoms with van der Waals surface area (Å²) in [7, 11) is 0. The Morgan fingerprint density at radius 2 is 1.89 bits per heavy atom. The van der Waals surface area contributed by atoms with Gasteiger partial charge in [-0.15, -0.1) is 0 Å². The molecule has 0 unspecified atom stereocenters. The lowest BCUT2D eigenvalue weighted by atomic mass is 9.71. The molecule has 18 heavy (non-hydrogen) atoms. The van der Waals surface area contributed by atoms with E-state index in [1.165, 1.54) is 6.42 Å². The Labute approximate surface area is 111 Å². The number of hydrogen-bond acceptors (Lipinski definition) is 2. The number of carbonyl (C=O) groups is 1. The van der Waals surface area contributed by atoms with E-state index < -0.39 is 11.5 Å². The van der Waals surface area contributed by atoms with Crippen molar-refractivity contribution in [2.75, 3.05) is 13.1 Å². The predicted octanol–water partition coefficient (Wildman–Crippen LogP) is 3.00. The summed E-state index contributed by atoms with van der Waals surface area (Å²) in [5.41, 5.74) is -0.531. The number of aliphatic carboxylic acids is 1. The number of likely N-dealkylation sites (tertiary alicyclic amines) is 1. The van der Waals surface area contributed by atoms with Gasteiger partial charge in [0.2, 0.25) is 0 Å². The van der Waals surface area contributed by atoms with E-state index >= 15 is 0 Å². The highest BCUT2D eigenvalue weighted by atomic mass is 16.4. The third kappa shape index (κ3) is 2.29. The topological polar surface area (TPSA) is 40.5 Å². The minimum atomic E-state index is -0.584. The minimum Gasteiger partial charge on any atom is -0.480 e. The van der Waals surface area contributed by atoms with Crippen molar-refractivity contribution in [3.63, 3.8) is 0 Å². The maximum atomic E-state index is 11.7. The normalized spacial score (nSPS) is 34.6. The van der Waals surface area contributed by atoms with Crippen LogP contribution in [-0.4, -0.2) is 34.6 Å². The molecule has 0 amide bonds. The van der Waals surface area contributed by atoms with Gasteiger partial charge in [-0.1, -0.05) is 27.2 Å². The molecular formula is C15H27NO2. The van der Waals surface area contributed by atoms with E-state index in [1.54, 1.807) is 0 Å². The average molecular weight is 253 g/mol. The Hall–Kier alpha value is -0.570. The summed E-state index contributed by atoms with van der Waals surface area (Å²) < 4.78 is 0. The fraction of sp³-hybridized carbons (Fsp3) is 0.933. The first kappa shape index (κ1) is 13.9. The second-order valence-electron chi connectivity index (χ2n) is 6.60. The van der Waals surface area contributed by atoms with Gasteiger partial charge in [-0.3, -0.25) is 9.69 Å². The van der Waals surface area contributed by atoms with E-state index in [9.17, 15) is 9.90 Å². The molecule has 1 N–H and O–H groups in total. The third-order valence-electron chi connectivity index (χ3n) is 5.37. The monoisotopic (exact) mass is 253 g/mol. The molecule has 0 aromatic heterocycles. The number of carboxylic acids is 1. The molecule has 0 radical (unpaired) electrons. The summed E-state index contributed by atoms with van der Waals surface area (Å²) in [5.74, 6) is 1.54. The molecule has 0 aromatic rings. The van der Waals surface area contributed by atoms with Crippen LogP contribution in [0, 0.1) is 17.8 Å². The zero-order chi connectivity index (χ0) is 13.3. The molecule has 2 fully saturated rings. The highest BCUT2D eigenvalue weighted by Crippen LogP contribution is 2.42. The number of hydrogen-bond donors (Lipinski definition) is 1. The van der Waals surface area contributed by atoms with Gasteiger partial charge in [0.1, 0.15) is 5.54 Å². The van der Waals surface area contributed by atoms with Crippen molar-refractivity contribution in [2.24, 2.45) is 17.8 Å². The summed E-state index contributed by atoms with van der Waals surface area (Å²) in [6.45, 7) is 8.67. The molecule has 0 atom stereocenters. The van der Waals surface area contributed by atoms with Crippen LogP contribution in [0.25, 0.3) is 0 Å². The second kappa shape index (κ2) is 5.20. The quantitative estimate of drug-likeness (QED) is 0.837. The van der Waals surface area contributed by atoms with E-state index in [4.69, 9.17) is 0 Å². The van der Waals surface area contributed by atoms with Crippen LogP contribution in [0.5, 0.6) is 0 Å². The molecular weight excluding hydrogens is 226 g/mol. The zero-order valence-corrected chi connectivity index (χ0v) is 12.0. The minimum absolute atomic E-state index is 0.531. The summed E-state index contributed by atoms with van der Waals surface area (Å²) >= 11 is 0. The highest BCUT2D eigenvalue weighted by Gasteiger charge is 2.50. The molecule has 104 valence electrons. The van der Waals surface area contributed by atoms with Gasteiger partial charge in [0.15, 0.2) is 0 Å². The lowest BCUT2D eigenvalue weighted by Gasteiger charge is -2.53.